The van der Waals surface area contributed by atoms with Crippen molar-refractivity contribution in [2.75, 3.05) is 0 Å². The van der Waals surface area contributed by atoms with Crippen molar-refractivity contribution in [1.82, 2.24) is 10.1 Å². The minimum Gasteiger partial charge on any atom is -0.339 e. The Kier molecular flexibility index (Phi) is 4.15. The number of rotatable bonds is 5. The quantitative estimate of drug-likeness (QED) is 0.855. The lowest BCUT2D eigenvalue weighted by Crippen LogP contribution is -2.22. The molecule has 1 saturated carbocycles. The highest BCUT2D eigenvalue weighted by Gasteiger charge is 2.26. The maximum atomic E-state index is 5.97. The van der Waals surface area contributed by atoms with Crippen LogP contribution >= 0.6 is 0 Å². The molecule has 17 heavy (non-hydrogen) atoms. The van der Waals surface area contributed by atoms with E-state index in [4.69, 9.17) is 10.3 Å². The summed E-state index contributed by atoms with van der Waals surface area (Å²) < 4.78 is 5.29. The van der Waals surface area contributed by atoms with Crippen molar-refractivity contribution < 1.29 is 4.52 Å². The van der Waals surface area contributed by atoms with Crippen molar-refractivity contribution in [2.45, 2.75) is 64.3 Å². The first-order valence-electron chi connectivity index (χ1n) is 6.77. The van der Waals surface area contributed by atoms with Crippen molar-refractivity contribution in [2.24, 2.45) is 11.7 Å². The minimum absolute atomic E-state index is 0.149. The molecule has 96 valence electrons. The Morgan fingerprint density at radius 2 is 2.29 bits per heavy atom. The molecular formula is C13H23N3O. The molecule has 0 aliphatic heterocycles. The second-order valence-electron chi connectivity index (χ2n) is 5.41. The van der Waals surface area contributed by atoms with Crippen molar-refractivity contribution in [3.8, 4) is 0 Å². The van der Waals surface area contributed by atoms with E-state index < -0.39 is 0 Å². The average molecular weight is 237 g/mol. The summed E-state index contributed by atoms with van der Waals surface area (Å²) in [5.74, 6) is 2.91. The number of nitrogens with zero attached hydrogens (tertiary/aromatic N) is 2. The van der Waals surface area contributed by atoms with E-state index in [9.17, 15) is 0 Å². The van der Waals surface area contributed by atoms with Crippen LogP contribution in [0.4, 0.5) is 0 Å². The maximum absolute atomic E-state index is 5.97. The molecule has 4 heteroatoms. The van der Waals surface area contributed by atoms with Crippen LogP contribution in [0.1, 0.15) is 63.6 Å². The molecule has 4 nitrogen and oxygen atoms in total. The van der Waals surface area contributed by atoms with Gasteiger partial charge in [-0.1, -0.05) is 25.4 Å². The molecule has 0 bridgehead atoms. The van der Waals surface area contributed by atoms with Crippen LogP contribution in [0.5, 0.6) is 0 Å². The molecule has 1 aromatic heterocycles. The van der Waals surface area contributed by atoms with Crippen molar-refractivity contribution in [3.63, 3.8) is 0 Å². The van der Waals surface area contributed by atoms with Crippen LogP contribution < -0.4 is 5.73 Å². The standard InChI is InChI=1S/C13H23N3O/c1-3-4-11(14)8-12-15-13(16-17-12)10-6-5-9(2)7-10/h9-11H,3-8,14H2,1-2H3. The van der Waals surface area contributed by atoms with Gasteiger partial charge in [-0.2, -0.15) is 4.98 Å². The van der Waals surface area contributed by atoms with E-state index in [0.29, 0.717) is 18.2 Å². The lowest BCUT2D eigenvalue weighted by Gasteiger charge is -2.05. The van der Waals surface area contributed by atoms with Gasteiger partial charge >= 0.3 is 0 Å². The Balaban J connectivity index is 1.91. The molecule has 2 N–H and O–H groups in total. The van der Waals surface area contributed by atoms with Gasteiger partial charge in [0.15, 0.2) is 5.82 Å². The molecule has 0 amide bonds. The first-order chi connectivity index (χ1) is 8.19. The van der Waals surface area contributed by atoms with Crippen molar-refractivity contribution in [3.05, 3.63) is 11.7 Å². The monoisotopic (exact) mass is 237 g/mol. The summed E-state index contributed by atoms with van der Waals surface area (Å²) in [5, 5.41) is 4.10. The highest BCUT2D eigenvalue weighted by atomic mass is 16.5. The van der Waals surface area contributed by atoms with Gasteiger partial charge in [0.2, 0.25) is 5.89 Å². The zero-order valence-corrected chi connectivity index (χ0v) is 10.9. The molecule has 3 atom stereocenters. The lowest BCUT2D eigenvalue weighted by molar-refractivity contribution is 0.358. The van der Waals surface area contributed by atoms with E-state index in [-0.39, 0.29) is 6.04 Å². The number of nitrogens with two attached hydrogens (primary N) is 1. The molecule has 0 spiro atoms. The van der Waals surface area contributed by atoms with E-state index >= 15 is 0 Å². The molecule has 3 unspecified atom stereocenters. The fourth-order valence-corrected chi connectivity index (χ4v) is 2.66. The Hall–Kier alpha value is -0.900. The van der Waals surface area contributed by atoms with Crippen LogP contribution in [-0.2, 0) is 6.42 Å². The van der Waals surface area contributed by atoms with Crippen LogP contribution in [-0.4, -0.2) is 16.2 Å². The predicted octanol–water partition coefficient (Wildman–Crippen LogP) is 2.64. The molecule has 0 saturated heterocycles. The smallest absolute Gasteiger partial charge is 0.228 e. The Labute approximate surface area is 103 Å². The van der Waals surface area contributed by atoms with Crippen LogP contribution in [0.15, 0.2) is 4.52 Å². The van der Waals surface area contributed by atoms with Gasteiger partial charge in [-0.15, -0.1) is 0 Å². The summed E-state index contributed by atoms with van der Waals surface area (Å²) in [7, 11) is 0. The molecule has 1 aliphatic carbocycles. The van der Waals surface area contributed by atoms with Crippen LogP contribution in [0, 0.1) is 5.92 Å². The third-order valence-corrected chi connectivity index (χ3v) is 3.64. The molecule has 0 radical (unpaired) electrons. The largest absolute Gasteiger partial charge is 0.339 e. The van der Waals surface area contributed by atoms with Gasteiger partial charge in [-0.25, -0.2) is 0 Å². The highest BCUT2D eigenvalue weighted by Crippen LogP contribution is 2.36. The summed E-state index contributed by atoms with van der Waals surface area (Å²) in [4.78, 5) is 4.49. The van der Waals surface area contributed by atoms with Crippen molar-refractivity contribution >= 4 is 0 Å². The summed E-state index contributed by atoms with van der Waals surface area (Å²) in [5.41, 5.74) is 5.97. The second-order valence-corrected chi connectivity index (χ2v) is 5.41. The summed E-state index contributed by atoms with van der Waals surface area (Å²) in [6.07, 6.45) is 6.49. The second kappa shape index (κ2) is 5.63. The zero-order chi connectivity index (χ0) is 12.3. The molecule has 1 aliphatic rings. The van der Waals surface area contributed by atoms with Gasteiger partial charge < -0.3 is 10.3 Å². The average Bonchev–Trinajstić information content (AvgIpc) is 2.87. The predicted molar refractivity (Wildman–Crippen MR) is 66.6 cm³/mol. The Morgan fingerprint density at radius 1 is 1.47 bits per heavy atom. The van der Waals surface area contributed by atoms with Crippen LogP contribution in [0.2, 0.25) is 0 Å². The molecule has 2 rings (SSSR count). The maximum Gasteiger partial charge on any atom is 0.228 e. The van der Waals surface area contributed by atoms with Gasteiger partial charge in [0.1, 0.15) is 0 Å². The van der Waals surface area contributed by atoms with E-state index in [2.05, 4.69) is 24.0 Å². The van der Waals surface area contributed by atoms with Gasteiger partial charge in [-0.3, -0.25) is 0 Å². The van der Waals surface area contributed by atoms with Crippen LogP contribution in [0.3, 0.4) is 0 Å². The summed E-state index contributed by atoms with van der Waals surface area (Å²) in [6.45, 7) is 4.43. The molecule has 1 aromatic rings. The first-order valence-corrected chi connectivity index (χ1v) is 6.77. The fraction of sp³-hybridized carbons (Fsp3) is 0.846. The van der Waals surface area contributed by atoms with Gasteiger partial charge in [0, 0.05) is 18.4 Å². The minimum atomic E-state index is 0.149. The lowest BCUT2D eigenvalue weighted by atomic mass is 10.1. The third kappa shape index (κ3) is 3.28. The number of aromatic nitrogens is 2. The van der Waals surface area contributed by atoms with E-state index in [1.54, 1.807) is 0 Å². The molecule has 1 fully saturated rings. The number of hydrogen-bond acceptors (Lipinski definition) is 4. The zero-order valence-electron chi connectivity index (χ0n) is 10.9. The summed E-state index contributed by atoms with van der Waals surface area (Å²) in [6, 6.07) is 0.149. The van der Waals surface area contributed by atoms with E-state index in [1.807, 2.05) is 0 Å². The Morgan fingerprint density at radius 3 is 2.94 bits per heavy atom. The highest BCUT2D eigenvalue weighted by molar-refractivity contribution is 4.99. The topological polar surface area (TPSA) is 64.9 Å². The third-order valence-electron chi connectivity index (χ3n) is 3.64. The normalized spacial score (nSPS) is 26.3. The fourth-order valence-electron chi connectivity index (χ4n) is 2.66. The van der Waals surface area contributed by atoms with Crippen LogP contribution in [0.25, 0.3) is 0 Å². The Bertz CT molecular complexity index is 350. The molecule has 0 aromatic carbocycles. The number of hydrogen-bond donors (Lipinski definition) is 1. The summed E-state index contributed by atoms with van der Waals surface area (Å²) >= 11 is 0. The SMILES string of the molecule is CCCC(N)Cc1nc(C2CCC(C)C2)no1. The van der Waals surface area contributed by atoms with E-state index in [0.717, 1.165) is 24.6 Å². The van der Waals surface area contributed by atoms with Gasteiger partial charge in [-0.05, 0) is 31.6 Å². The first kappa shape index (κ1) is 12.6. The van der Waals surface area contributed by atoms with Gasteiger partial charge in [0.05, 0.1) is 0 Å². The van der Waals surface area contributed by atoms with Crippen molar-refractivity contribution in [1.29, 1.82) is 0 Å². The molecule has 1 heterocycles. The molecular weight excluding hydrogens is 214 g/mol. The van der Waals surface area contributed by atoms with E-state index in [1.165, 1.54) is 19.3 Å². The van der Waals surface area contributed by atoms with Gasteiger partial charge in [0.25, 0.3) is 0 Å².